The van der Waals surface area contributed by atoms with E-state index in [0.29, 0.717) is 18.8 Å². The quantitative estimate of drug-likeness (QED) is 0.644. The number of benzene rings is 3. The van der Waals surface area contributed by atoms with Crippen LogP contribution in [0.5, 0.6) is 5.75 Å². The third kappa shape index (κ3) is 5.46. The van der Waals surface area contributed by atoms with Gasteiger partial charge in [0.05, 0.1) is 0 Å². The number of anilines is 2. The summed E-state index contributed by atoms with van der Waals surface area (Å²) in [5.74, 6) is 0.550. The number of carbonyl (C=O) groups excluding carboxylic acids is 2. The average Bonchev–Trinajstić information content (AvgIpc) is 2.84. The van der Waals surface area contributed by atoms with Crippen LogP contribution in [0.15, 0.2) is 78.9 Å². The number of nitrogens with zero attached hydrogens (tertiary/aromatic N) is 2. The summed E-state index contributed by atoms with van der Waals surface area (Å²) in [6.45, 7) is 4.88. The van der Waals surface area contributed by atoms with Gasteiger partial charge in [0.15, 0.2) is 6.61 Å². The van der Waals surface area contributed by atoms with Gasteiger partial charge >= 0.3 is 0 Å². The molecule has 0 saturated carbocycles. The van der Waals surface area contributed by atoms with E-state index in [1.165, 1.54) is 0 Å². The molecule has 32 heavy (non-hydrogen) atoms. The summed E-state index contributed by atoms with van der Waals surface area (Å²) in [5.41, 5.74) is 3.67. The van der Waals surface area contributed by atoms with Crippen LogP contribution in [0.25, 0.3) is 0 Å². The zero-order valence-electron chi connectivity index (χ0n) is 18.2. The highest BCUT2D eigenvalue weighted by atomic mass is 16.5. The highest BCUT2D eigenvalue weighted by Crippen LogP contribution is 2.20. The maximum atomic E-state index is 12.6. The van der Waals surface area contributed by atoms with Gasteiger partial charge in [-0.3, -0.25) is 9.59 Å². The smallest absolute Gasteiger partial charge is 0.262 e. The third-order valence-corrected chi connectivity index (χ3v) is 5.49. The van der Waals surface area contributed by atoms with Gasteiger partial charge in [0.25, 0.3) is 11.8 Å². The van der Waals surface area contributed by atoms with Crippen LogP contribution < -0.4 is 15.0 Å². The molecule has 6 heteroatoms. The van der Waals surface area contributed by atoms with E-state index in [1.807, 2.05) is 90.7 Å². The number of hydrogen-bond donors (Lipinski definition) is 1. The molecule has 0 unspecified atom stereocenters. The second-order valence-electron chi connectivity index (χ2n) is 7.84. The summed E-state index contributed by atoms with van der Waals surface area (Å²) in [4.78, 5) is 28.9. The maximum Gasteiger partial charge on any atom is 0.262 e. The van der Waals surface area contributed by atoms with Crippen LogP contribution >= 0.6 is 0 Å². The van der Waals surface area contributed by atoms with E-state index in [1.54, 1.807) is 0 Å². The fourth-order valence-corrected chi connectivity index (χ4v) is 3.67. The number of aryl methyl sites for hydroxylation is 1. The molecule has 3 aromatic rings. The fourth-order valence-electron chi connectivity index (χ4n) is 3.67. The van der Waals surface area contributed by atoms with Gasteiger partial charge in [-0.25, -0.2) is 0 Å². The Morgan fingerprint density at radius 3 is 2.16 bits per heavy atom. The van der Waals surface area contributed by atoms with E-state index >= 15 is 0 Å². The SMILES string of the molecule is Cc1ccc(OCC(=O)Nc2ccc(N3CCN(C(=O)c4ccccc4)CC3)cc2)cc1. The Hall–Kier alpha value is -3.80. The first kappa shape index (κ1) is 21.4. The number of hydrogen-bond acceptors (Lipinski definition) is 4. The van der Waals surface area contributed by atoms with Gasteiger partial charge in [0.1, 0.15) is 5.75 Å². The molecule has 4 rings (SSSR count). The Morgan fingerprint density at radius 2 is 1.50 bits per heavy atom. The zero-order valence-corrected chi connectivity index (χ0v) is 18.2. The minimum Gasteiger partial charge on any atom is -0.484 e. The zero-order chi connectivity index (χ0) is 22.3. The molecule has 0 aliphatic carbocycles. The molecular formula is C26H27N3O3. The largest absolute Gasteiger partial charge is 0.484 e. The monoisotopic (exact) mass is 429 g/mol. The average molecular weight is 430 g/mol. The van der Waals surface area contributed by atoms with Gasteiger partial charge in [-0.1, -0.05) is 35.9 Å². The van der Waals surface area contributed by atoms with Crippen LogP contribution in [0.1, 0.15) is 15.9 Å². The van der Waals surface area contributed by atoms with Crippen molar-refractivity contribution >= 4 is 23.2 Å². The summed E-state index contributed by atoms with van der Waals surface area (Å²) in [7, 11) is 0. The van der Waals surface area contributed by atoms with E-state index in [0.717, 1.165) is 35.6 Å². The van der Waals surface area contributed by atoms with Crippen molar-refractivity contribution in [2.24, 2.45) is 0 Å². The summed E-state index contributed by atoms with van der Waals surface area (Å²) in [6.07, 6.45) is 0. The van der Waals surface area contributed by atoms with Crippen LogP contribution in [0.2, 0.25) is 0 Å². The first-order valence-corrected chi connectivity index (χ1v) is 10.8. The Morgan fingerprint density at radius 1 is 0.844 bits per heavy atom. The molecule has 3 aromatic carbocycles. The highest BCUT2D eigenvalue weighted by Gasteiger charge is 2.22. The highest BCUT2D eigenvalue weighted by molar-refractivity contribution is 5.94. The van der Waals surface area contributed by atoms with Crippen molar-refractivity contribution in [1.29, 1.82) is 0 Å². The number of piperazine rings is 1. The molecule has 0 bridgehead atoms. The summed E-state index contributed by atoms with van der Waals surface area (Å²) in [5, 5.41) is 2.86. The molecular weight excluding hydrogens is 402 g/mol. The van der Waals surface area contributed by atoms with E-state index in [2.05, 4.69) is 10.2 Å². The lowest BCUT2D eigenvalue weighted by atomic mass is 10.1. The first-order chi connectivity index (χ1) is 15.6. The lowest BCUT2D eigenvalue weighted by Gasteiger charge is -2.36. The molecule has 0 aromatic heterocycles. The Kier molecular flexibility index (Phi) is 6.70. The molecule has 164 valence electrons. The van der Waals surface area contributed by atoms with Crippen LogP contribution in [0.3, 0.4) is 0 Å². The maximum absolute atomic E-state index is 12.6. The molecule has 1 aliphatic heterocycles. The molecule has 1 aliphatic rings. The summed E-state index contributed by atoms with van der Waals surface area (Å²) >= 11 is 0. The minimum atomic E-state index is -0.202. The van der Waals surface area contributed by atoms with Crippen molar-refractivity contribution in [2.75, 3.05) is 43.0 Å². The van der Waals surface area contributed by atoms with Gasteiger partial charge in [0, 0.05) is 43.1 Å². The van der Waals surface area contributed by atoms with E-state index in [4.69, 9.17) is 4.74 Å². The standard InChI is InChI=1S/C26H27N3O3/c1-20-7-13-24(14-8-20)32-19-25(30)27-22-9-11-23(12-10-22)28-15-17-29(18-16-28)26(31)21-5-3-2-4-6-21/h2-14H,15-19H2,1H3,(H,27,30). The lowest BCUT2D eigenvalue weighted by Crippen LogP contribution is -2.48. The van der Waals surface area contributed by atoms with Crippen molar-refractivity contribution in [3.05, 3.63) is 90.0 Å². The molecule has 2 amide bonds. The third-order valence-electron chi connectivity index (χ3n) is 5.49. The second kappa shape index (κ2) is 10.0. The van der Waals surface area contributed by atoms with Gasteiger partial charge in [-0.2, -0.15) is 0 Å². The fraction of sp³-hybridized carbons (Fsp3) is 0.231. The van der Waals surface area contributed by atoms with Crippen LogP contribution in [0.4, 0.5) is 11.4 Å². The van der Waals surface area contributed by atoms with Gasteiger partial charge in [-0.05, 0) is 55.5 Å². The lowest BCUT2D eigenvalue weighted by molar-refractivity contribution is -0.118. The number of rotatable bonds is 6. The molecule has 1 saturated heterocycles. The van der Waals surface area contributed by atoms with E-state index < -0.39 is 0 Å². The number of carbonyl (C=O) groups is 2. The number of nitrogens with one attached hydrogen (secondary N) is 1. The van der Waals surface area contributed by atoms with Crippen molar-refractivity contribution in [1.82, 2.24) is 4.90 Å². The molecule has 0 radical (unpaired) electrons. The topological polar surface area (TPSA) is 61.9 Å². The van der Waals surface area contributed by atoms with Gasteiger partial charge in [0.2, 0.25) is 0 Å². The van der Waals surface area contributed by atoms with Crippen LogP contribution in [-0.2, 0) is 4.79 Å². The molecule has 1 heterocycles. The second-order valence-corrected chi connectivity index (χ2v) is 7.84. The normalized spacial score (nSPS) is 13.5. The van der Waals surface area contributed by atoms with E-state index in [-0.39, 0.29) is 18.4 Å². The first-order valence-electron chi connectivity index (χ1n) is 10.8. The van der Waals surface area contributed by atoms with Crippen molar-refractivity contribution in [3.8, 4) is 5.75 Å². The van der Waals surface area contributed by atoms with Crippen LogP contribution in [-0.4, -0.2) is 49.5 Å². The summed E-state index contributed by atoms with van der Waals surface area (Å²) in [6, 6.07) is 24.8. The van der Waals surface area contributed by atoms with E-state index in [9.17, 15) is 9.59 Å². The van der Waals surface area contributed by atoms with Gasteiger partial charge in [-0.15, -0.1) is 0 Å². The van der Waals surface area contributed by atoms with Crippen molar-refractivity contribution < 1.29 is 14.3 Å². The Balaban J connectivity index is 1.25. The molecule has 1 fully saturated rings. The molecule has 0 atom stereocenters. The Labute approximate surface area is 188 Å². The van der Waals surface area contributed by atoms with Crippen molar-refractivity contribution in [2.45, 2.75) is 6.92 Å². The number of amides is 2. The van der Waals surface area contributed by atoms with Gasteiger partial charge < -0.3 is 19.9 Å². The predicted molar refractivity (Wildman–Crippen MR) is 126 cm³/mol. The molecule has 0 spiro atoms. The predicted octanol–water partition coefficient (Wildman–Crippen LogP) is 3.97. The molecule has 1 N–H and O–H groups in total. The van der Waals surface area contributed by atoms with Crippen LogP contribution in [0, 0.1) is 6.92 Å². The molecule has 6 nitrogen and oxygen atoms in total. The summed E-state index contributed by atoms with van der Waals surface area (Å²) < 4.78 is 5.52. The Bertz CT molecular complexity index is 1040. The van der Waals surface area contributed by atoms with Crippen molar-refractivity contribution in [3.63, 3.8) is 0 Å². The minimum absolute atomic E-state index is 0.0395. The number of ether oxygens (including phenoxy) is 1.